The molecule has 1 rings (SSSR count). The summed E-state index contributed by atoms with van der Waals surface area (Å²) in [5, 5.41) is 54.2. The second kappa shape index (κ2) is 40.0. The standard InChI is InChI=1S/C49H95NO8/c1-3-5-7-9-11-13-15-16-17-18-19-20-21-22-23-24-25-26-27-28-29-30-32-34-36-38-43(52)42(41-57-49-48(56)47(55)46(54)44(40-51)58-49)50-45(53)39-37-35-33-31-14-12-10-8-6-4-2/h36,38,42-44,46-49,51-52,54-56H,3-35,37,39-41H2,1-2H3,(H,50,53)/b38-36+. The Hall–Kier alpha value is -1.07. The third-order valence-electron chi connectivity index (χ3n) is 12.1. The van der Waals surface area contributed by atoms with Gasteiger partial charge in [-0.15, -0.1) is 0 Å². The van der Waals surface area contributed by atoms with Crippen molar-refractivity contribution in [1.82, 2.24) is 5.32 Å². The summed E-state index contributed by atoms with van der Waals surface area (Å²) in [7, 11) is 0. The Morgan fingerprint density at radius 1 is 0.569 bits per heavy atom. The fourth-order valence-corrected chi connectivity index (χ4v) is 8.10. The number of ether oxygens (including phenoxy) is 2. The van der Waals surface area contributed by atoms with E-state index in [1.165, 1.54) is 180 Å². The number of hydrogen-bond acceptors (Lipinski definition) is 8. The molecule has 1 fully saturated rings. The minimum atomic E-state index is -1.56. The highest BCUT2D eigenvalue weighted by Gasteiger charge is 2.44. The lowest BCUT2D eigenvalue weighted by Gasteiger charge is -2.40. The first-order chi connectivity index (χ1) is 28.3. The van der Waals surface area contributed by atoms with Gasteiger partial charge < -0.3 is 40.3 Å². The van der Waals surface area contributed by atoms with E-state index in [1.807, 2.05) is 6.08 Å². The molecule has 0 bridgehead atoms. The highest BCUT2D eigenvalue weighted by atomic mass is 16.7. The van der Waals surface area contributed by atoms with E-state index in [1.54, 1.807) is 6.08 Å². The van der Waals surface area contributed by atoms with E-state index < -0.39 is 49.5 Å². The van der Waals surface area contributed by atoms with Crippen LogP contribution in [-0.2, 0) is 14.3 Å². The van der Waals surface area contributed by atoms with Crippen LogP contribution >= 0.6 is 0 Å². The van der Waals surface area contributed by atoms with Crippen molar-refractivity contribution >= 4 is 5.91 Å². The fraction of sp³-hybridized carbons (Fsp3) is 0.939. The van der Waals surface area contributed by atoms with E-state index in [0.29, 0.717) is 6.42 Å². The summed E-state index contributed by atoms with van der Waals surface area (Å²) in [5.41, 5.74) is 0. The Kier molecular flexibility index (Phi) is 37.9. The molecule has 7 unspecified atom stereocenters. The normalized spacial score (nSPS) is 20.8. The SMILES string of the molecule is CCCCCCCCCCCCCCCCCCCCCCCCC/C=C/C(O)C(COC1OC(CO)C(O)C(O)C1O)NC(=O)CCCCCCCCCCCC. The van der Waals surface area contributed by atoms with Crippen LogP contribution in [0.4, 0.5) is 0 Å². The second-order valence-electron chi connectivity index (χ2n) is 17.6. The zero-order valence-corrected chi connectivity index (χ0v) is 37.8. The molecule has 1 saturated heterocycles. The molecule has 0 aromatic rings. The number of amides is 1. The zero-order chi connectivity index (χ0) is 42.3. The van der Waals surface area contributed by atoms with E-state index in [-0.39, 0.29) is 12.5 Å². The average Bonchev–Trinajstić information content (AvgIpc) is 3.22. The fourth-order valence-electron chi connectivity index (χ4n) is 8.10. The molecule has 0 aromatic heterocycles. The van der Waals surface area contributed by atoms with E-state index in [9.17, 15) is 30.3 Å². The number of rotatable bonds is 42. The molecular formula is C49H95NO8. The molecule has 0 aromatic carbocycles. The average molecular weight is 826 g/mol. The number of nitrogens with one attached hydrogen (secondary N) is 1. The van der Waals surface area contributed by atoms with E-state index in [4.69, 9.17) is 9.47 Å². The Bertz CT molecular complexity index is 919. The van der Waals surface area contributed by atoms with Crippen molar-refractivity contribution in [2.45, 2.75) is 281 Å². The highest BCUT2D eigenvalue weighted by molar-refractivity contribution is 5.76. The predicted octanol–water partition coefficient (Wildman–Crippen LogP) is 10.9. The number of allylic oxidation sites excluding steroid dienone is 1. The molecular weight excluding hydrogens is 731 g/mol. The molecule has 1 heterocycles. The minimum absolute atomic E-state index is 0.177. The highest BCUT2D eigenvalue weighted by Crippen LogP contribution is 2.23. The van der Waals surface area contributed by atoms with Gasteiger partial charge in [-0.2, -0.15) is 0 Å². The lowest BCUT2D eigenvalue weighted by Crippen LogP contribution is -2.60. The van der Waals surface area contributed by atoms with Gasteiger partial charge in [-0.3, -0.25) is 4.79 Å². The number of unbranched alkanes of at least 4 members (excludes halogenated alkanes) is 32. The third-order valence-corrected chi connectivity index (χ3v) is 12.1. The Morgan fingerprint density at radius 2 is 0.948 bits per heavy atom. The van der Waals surface area contributed by atoms with Gasteiger partial charge in [0, 0.05) is 6.42 Å². The van der Waals surface area contributed by atoms with Crippen molar-refractivity contribution < 1.29 is 39.8 Å². The topological polar surface area (TPSA) is 149 Å². The second-order valence-corrected chi connectivity index (χ2v) is 17.6. The van der Waals surface area contributed by atoms with Crippen LogP contribution in [0.3, 0.4) is 0 Å². The van der Waals surface area contributed by atoms with Gasteiger partial charge in [-0.05, 0) is 19.3 Å². The van der Waals surface area contributed by atoms with Crippen molar-refractivity contribution in [2.24, 2.45) is 0 Å². The van der Waals surface area contributed by atoms with Gasteiger partial charge in [0.25, 0.3) is 0 Å². The minimum Gasteiger partial charge on any atom is -0.394 e. The number of aliphatic hydroxyl groups excluding tert-OH is 5. The summed E-state index contributed by atoms with van der Waals surface area (Å²) < 4.78 is 11.2. The van der Waals surface area contributed by atoms with Crippen molar-refractivity contribution in [3.63, 3.8) is 0 Å². The summed E-state index contributed by atoms with van der Waals surface area (Å²) in [6.07, 6.45) is 39.9. The summed E-state index contributed by atoms with van der Waals surface area (Å²) in [4.78, 5) is 12.9. The largest absolute Gasteiger partial charge is 0.394 e. The predicted molar refractivity (Wildman–Crippen MR) is 240 cm³/mol. The van der Waals surface area contributed by atoms with E-state index in [0.717, 1.165) is 38.5 Å². The van der Waals surface area contributed by atoms with Crippen LogP contribution in [0, 0.1) is 0 Å². The molecule has 344 valence electrons. The van der Waals surface area contributed by atoms with Crippen LogP contribution < -0.4 is 5.32 Å². The Labute approximate surface area is 356 Å². The van der Waals surface area contributed by atoms with Crippen molar-refractivity contribution in [1.29, 1.82) is 0 Å². The first-order valence-electron chi connectivity index (χ1n) is 24.9. The number of hydrogen-bond donors (Lipinski definition) is 6. The molecule has 1 aliphatic rings. The van der Waals surface area contributed by atoms with Crippen molar-refractivity contribution in [3.8, 4) is 0 Å². The quantitative estimate of drug-likeness (QED) is 0.0263. The monoisotopic (exact) mass is 826 g/mol. The van der Waals surface area contributed by atoms with Crippen LogP contribution in [0.15, 0.2) is 12.2 Å². The molecule has 0 spiro atoms. The van der Waals surface area contributed by atoms with E-state index in [2.05, 4.69) is 19.2 Å². The molecule has 9 nitrogen and oxygen atoms in total. The van der Waals surface area contributed by atoms with E-state index >= 15 is 0 Å². The molecule has 0 saturated carbocycles. The molecule has 9 heteroatoms. The first kappa shape index (κ1) is 54.9. The molecule has 0 aliphatic carbocycles. The summed E-state index contributed by atoms with van der Waals surface area (Å²) in [6, 6.07) is -0.798. The lowest BCUT2D eigenvalue weighted by molar-refractivity contribution is -0.302. The summed E-state index contributed by atoms with van der Waals surface area (Å²) >= 11 is 0. The maximum absolute atomic E-state index is 12.9. The summed E-state index contributed by atoms with van der Waals surface area (Å²) in [6.45, 7) is 3.77. The maximum Gasteiger partial charge on any atom is 0.220 e. The molecule has 58 heavy (non-hydrogen) atoms. The lowest BCUT2D eigenvalue weighted by atomic mass is 9.99. The molecule has 6 N–H and O–H groups in total. The van der Waals surface area contributed by atoms with Crippen molar-refractivity contribution in [2.75, 3.05) is 13.2 Å². The molecule has 1 aliphatic heterocycles. The van der Waals surface area contributed by atoms with Gasteiger partial charge in [0.05, 0.1) is 25.4 Å². The van der Waals surface area contributed by atoms with Crippen LogP contribution in [0.25, 0.3) is 0 Å². The smallest absolute Gasteiger partial charge is 0.220 e. The van der Waals surface area contributed by atoms with Gasteiger partial charge in [0.15, 0.2) is 6.29 Å². The number of carbonyl (C=O) groups excluding carboxylic acids is 1. The van der Waals surface area contributed by atoms with Gasteiger partial charge in [0.1, 0.15) is 24.4 Å². The van der Waals surface area contributed by atoms with Gasteiger partial charge in [-0.1, -0.05) is 225 Å². The Balaban J connectivity index is 2.22. The van der Waals surface area contributed by atoms with Crippen LogP contribution in [-0.4, -0.2) is 87.5 Å². The van der Waals surface area contributed by atoms with Crippen LogP contribution in [0.2, 0.25) is 0 Å². The van der Waals surface area contributed by atoms with Gasteiger partial charge in [-0.25, -0.2) is 0 Å². The first-order valence-corrected chi connectivity index (χ1v) is 24.9. The van der Waals surface area contributed by atoms with Crippen molar-refractivity contribution in [3.05, 3.63) is 12.2 Å². The van der Waals surface area contributed by atoms with Gasteiger partial charge in [0.2, 0.25) is 5.91 Å². The molecule has 1 amide bonds. The number of carbonyl (C=O) groups is 1. The Morgan fingerprint density at radius 3 is 1.34 bits per heavy atom. The number of aliphatic hydroxyl groups is 5. The van der Waals surface area contributed by atoms with Crippen LogP contribution in [0.1, 0.15) is 239 Å². The third kappa shape index (κ3) is 30.0. The maximum atomic E-state index is 12.9. The zero-order valence-electron chi connectivity index (χ0n) is 37.8. The van der Waals surface area contributed by atoms with Crippen LogP contribution in [0.5, 0.6) is 0 Å². The summed E-state index contributed by atoms with van der Waals surface area (Å²) in [5.74, 6) is -0.177. The molecule has 7 atom stereocenters. The molecule has 0 radical (unpaired) electrons. The van der Waals surface area contributed by atoms with Gasteiger partial charge >= 0.3 is 0 Å².